The van der Waals surface area contributed by atoms with E-state index < -0.39 is 0 Å². The van der Waals surface area contributed by atoms with Gasteiger partial charge in [0, 0.05) is 4.47 Å². The Bertz CT molecular complexity index is 237. The average molecular weight is 313 g/mol. The van der Waals surface area contributed by atoms with Crippen LogP contribution in [0.25, 0.3) is 0 Å². The number of hydrogen-bond acceptors (Lipinski definition) is 1. The second-order valence-electron chi connectivity index (χ2n) is 2.06. The largest absolute Gasteiger partial charge is 0.507 e. The van der Waals surface area contributed by atoms with Gasteiger partial charge in [-0.2, -0.15) is 0 Å². The molecule has 1 aromatic rings. The van der Waals surface area contributed by atoms with E-state index in [0.29, 0.717) is 5.75 Å². The third-order valence-corrected chi connectivity index (χ3v) is 3.06. The highest BCUT2D eigenvalue weighted by Crippen LogP contribution is 2.26. The first-order valence-corrected chi connectivity index (χ1v) is 4.63. The molecular weight excluding hydrogens is 307 g/mol. The molecule has 1 nitrogen and oxygen atoms in total. The lowest BCUT2D eigenvalue weighted by Crippen LogP contribution is -1.80. The predicted molar refractivity (Wildman–Crippen MR) is 53.3 cm³/mol. The molecule has 0 unspecified atom stereocenters. The molecule has 1 aromatic carbocycles. The van der Waals surface area contributed by atoms with Crippen LogP contribution in [0.15, 0.2) is 16.6 Å². The summed E-state index contributed by atoms with van der Waals surface area (Å²) in [5.41, 5.74) is 1.09. The lowest BCUT2D eigenvalue weighted by Gasteiger charge is -2.00. The van der Waals surface area contributed by atoms with Gasteiger partial charge in [-0.1, -0.05) is 15.9 Å². The van der Waals surface area contributed by atoms with E-state index in [2.05, 4.69) is 38.5 Å². The number of benzene rings is 1. The quantitative estimate of drug-likeness (QED) is 0.730. The van der Waals surface area contributed by atoms with E-state index in [9.17, 15) is 5.11 Å². The van der Waals surface area contributed by atoms with Gasteiger partial charge < -0.3 is 5.11 Å². The van der Waals surface area contributed by atoms with Crippen molar-refractivity contribution in [1.82, 2.24) is 0 Å². The third kappa shape index (κ3) is 1.63. The van der Waals surface area contributed by atoms with E-state index >= 15 is 0 Å². The Balaban J connectivity index is 3.31. The van der Waals surface area contributed by atoms with Crippen molar-refractivity contribution in [3.63, 3.8) is 0 Å². The number of phenolic OH excluding ortho intramolecular Hbond substituents is 1. The molecule has 0 fully saturated rings. The number of rotatable bonds is 0. The third-order valence-electron chi connectivity index (χ3n) is 1.20. The minimum absolute atomic E-state index is 0.340. The zero-order valence-electron chi connectivity index (χ0n) is 5.36. The fourth-order valence-corrected chi connectivity index (χ4v) is 1.58. The number of aromatic hydroxyl groups is 1. The van der Waals surface area contributed by atoms with Crippen LogP contribution in [0.4, 0.5) is 0 Å². The zero-order chi connectivity index (χ0) is 7.72. The van der Waals surface area contributed by atoms with Gasteiger partial charge in [0.2, 0.25) is 0 Å². The summed E-state index contributed by atoms with van der Waals surface area (Å²) in [7, 11) is 0. The summed E-state index contributed by atoms with van der Waals surface area (Å²) >= 11 is 5.40. The summed E-state index contributed by atoms with van der Waals surface area (Å²) in [6.07, 6.45) is 0. The molecule has 0 saturated heterocycles. The number of hydrogen-bond donors (Lipinski definition) is 1. The van der Waals surface area contributed by atoms with Crippen molar-refractivity contribution in [2.24, 2.45) is 0 Å². The predicted octanol–water partition coefficient (Wildman–Crippen LogP) is 3.07. The van der Waals surface area contributed by atoms with Gasteiger partial charge in [0.1, 0.15) is 5.75 Å². The van der Waals surface area contributed by atoms with Crippen LogP contribution in [0.1, 0.15) is 5.56 Å². The van der Waals surface area contributed by atoms with E-state index in [-0.39, 0.29) is 0 Å². The summed E-state index contributed by atoms with van der Waals surface area (Å²) in [5, 5.41) is 9.24. The molecular formula is C7H6BrIO. The van der Waals surface area contributed by atoms with Gasteiger partial charge in [-0.3, -0.25) is 0 Å². The van der Waals surface area contributed by atoms with E-state index in [1.54, 1.807) is 6.07 Å². The van der Waals surface area contributed by atoms with Gasteiger partial charge in [-0.05, 0) is 47.2 Å². The lowest BCUT2D eigenvalue weighted by atomic mass is 10.2. The first-order valence-electron chi connectivity index (χ1n) is 2.76. The van der Waals surface area contributed by atoms with Crippen molar-refractivity contribution in [2.45, 2.75) is 6.92 Å². The molecule has 3 heteroatoms. The summed E-state index contributed by atoms with van der Waals surface area (Å²) in [6, 6.07) is 3.66. The number of halogens is 2. The molecule has 0 spiro atoms. The van der Waals surface area contributed by atoms with Crippen molar-refractivity contribution in [2.75, 3.05) is 0 Å². The monoisotopic (exact) mass is 312 g/mol. The molecule has 0 radical (unpaired) electrons. The second-order valence-corrected chi connectivity index (χ2v) is 4.05. The van der Waals surface area contributed by atoms with Gasteiger partial charge in [0.05, 0.1) is 3.57 Å². The maximum Gasteiger partial charge on any atom is 0.130 e. The van der Waals surface area contributed by atoms with E-state index in [4.69, 9.17) is 0 Å². The van der Waals surface area contributed by atoms with Gasteiger partial charge in [-0.25, -0.2) is 0 Å². The number of aryl methyl sites for hydroxylation is 1. The summed E-state index contributed by atoms with van der Waals surface area (Å²) in [5.74, 6) is 0.340. The highest BCUT2D eigenvalue weighted by molar-refractivity contribution is 14.1. The van der Waals surface area contributed by atoms with Crippen molar-refractivity contribution in [3.8, 4) is 5.75 Å². The zero-order valence-corrected chi connectivity index (χ0v) is 9.10. The smallest absolute Gasteiger partial charge is 0.130 e. The lowest BCUT2D eigenvalue weighted by molar-refractivity contribution is 0.470. The van der Waals surface area contributed by atoms with Crippen LogP contribution in [0.3, 0.4) is 0 Å². The highest BCUT2D eigenvalue weighted by atomic mass is 127. The Labute approximate surface area is 81.7 Å². The molecule has 0 aliphatic carbocycles. The van der Waals surface area contributed by atoms with Gasteiger partial charge in [0.15, 0.2) is 0 Å². The first kappa shape index (κ1) is 8.33. The molecule has 0 saturated carbocycles. The standard InChI is InChI=1S/C7H6BrIO/c1-4-2-5(8)3-6(10)7(4)9/h2-3,10H,1H3. The maximum absolute atomic E-state index is 9.24. The Morgan fingerprint density at radius 1 is 1.50 bits per heavy atom. The molecule has 0 aliphatic heterocycles. The van der Waals surface area contributed by atoms with E-state index in [1.807, 2.05) is 13.0 Å². The fraction of sp³-hybridized carbons (Fsp3) is 0.143. The molecule has 1 N–H and O–H groups in total. The van der Waals surface area contributed by atoms with Gasteiger partial charge >= 0.3 is 0 Å². The Morgan fingerprint density at radius 3 is 2.60 bits per heavy atom. The Kier molecular flexibility index (Phi) is 2.57. The van der Waals surface area contributed by atoms with E-state index in [0.717, 1.165) is 13.6 Å². The fourth-order valence-electron chi connectivity index (χ4n) is 0.708. The highest BCUT2D eigenvalue weighted by Gasteiger charge is 2.01. The molecule has 10 heavy (non-hydrogen) atoms. The summed E-state index contributed by atoms with van der Waals surface area (Å²) < 4.78 is 1.84. The molecule has 0 atom stereocenters. The topological polar surface area (TPSA) is 20.2 Å². The average Bonchev–Trinajstić information content (AvgIpc) is 1.82. The molecule has 0 aromatic heterocycles. The van der Waals surface area contributed by atoms with Crippen LogP contribution in [0.2, 0.25) is 0 Å². The molecule has 0 aliphatic rings. The summed E-state index contributed by atoms with van der Waals surface area (Å²) in [4.78, 5) is 0. The Morgan fingerprint density at radius 2 is 2.10 bits per heavy atom. The van der Waals surface area contributed by atoms with Crippen molar-refractivity contribution < 1.29 is 5.11 Å². The molecule has 0 heterocycles. The van der Waals surface area contributed by atoms with Crippen molar-refractivity contribution in [1.29, 1.82) is 0 Å². The van der Waals surface area contributed by atoms with Crippen LogP contribution in [0, 0.1) is 10.5 Å². The second kappa shape index (κ2) is 3.09. The minimum Gasteiger partial charge on any atom is -0.507 e. The first-order chi connectivity index (χ1) is 4.61. The SMILES string of the molecule is Cc1cc(Br)cc(O)c1I. The van der Waals surface area contributed by atoms with Crippen LogP contribution < -0.4 is 0 Å². The normalized spacial score (nSPS) is 9.90. The number of phenols is 1. The van der Waals surface area contributed by atoms with Crippen molar-refractivity contribution >= 4 is 38.5 Å². The Hall–Kier alpha value is 0.230. The molecule has 54 valence electrons. The van der Waals surface area contributed by atoms with Crippen LogP contribution in [0.5, 0.6) is 5.75 Å². The van der Waals surface area contributed by atoms with E-state index in [1.165, 1.54) is 0 Å². The maximum atomic E-state index is 9.24. The molecule has 1 rings (SSSR count). The molecule has 0 amide bonds. The van der Waals surface area contributed by atoms with Crippen molar-refractivity contribution in [3.05, 3.63) is 25.7 Å². The van der Waals surface area contributed by atoms with Crippen LogP contribution >= 0.6 is 38.5 Å². The van der Waals surface area contributed by atoms with Crippen LogP contribution in [-0.2, 0) is 0 Å². The minimum atomic E-state index is 0.340. The van der Waals surface area contributed by atoms with Gasteiger partial charge in [-0.15, -0.1) is 0 Å². The molecule has 0 bridgehead atoms. The summed E-state index contributed by atoms with van der Waals surface area (Å²) in [6.45, 7) is 1.96. The van der Waals surface area contributed by atoms with Gasteiger partial charge in [0.25, 0.3) is 0 Å². The van der Waals surface area contributed by atoms with Crippen LogP contribution in [-0.4, -0.2) is 5.11 Å².